The van der Waals surface area contributed by atoms with Gasteiger partial charge in [0.05, 0.1) is 0 Å². The average Bonchev–Trinajstić information content (AvgIpc) is 3.10. The van der Waals surface area contributed by atoms with Gasteiger partial charge in [0.15, 0.2) is 0 Å². The average molecular weight is 313 g/mol. The Hall–Kier alpha value is -2.37. The first-order chi connectivity index (χ1) is 11.3. The Morgan fingerprint density at radius 3 is 3.09 bits per heavy atom. The summed E-state index contributed by atoms with van der Waals surface area (Å²) in [5, 5.41) is 9.93. The molecule has 0 spiro atoms. The molecular weight excluding hydrogens is 290 g/mol. The first-order valence-electron chi connectivity index (χ1n) is 8.25. The third kappa shape index (κ3) is 4.31. The van der Waals surface area contributed by atoms with E-state index in [4.69, 9.17) is 0 Å². The normalized spacial score (nSPS) is 16.6. The number of nitrogens with one attached hydrogen (secondary N) is 2. The van der Waals surface area contributed by atoms with E-state index in [9.17, 15) is 4.79 Å². The minimum atomic E-state index is -0.0911. The third-order valence-electron chi connectivity index (χ3n) is 4.32. The van der Waals surface area contributed by atoms with Crippen LogP contribution in [0.15, 0.2) is 36.9 Å². The van der Waals surface area contributed by atoms with Gasteiger partial charge in [0.25, 0.3) is 0 Å². The quantitative estimate of drug-likeness (QED) is 0.802. The lowest BCUT2D eigenvalue weighted by Gasteiger charge is -2.25. The van der Waals surface area contributed by atoms with Crippen molar-refractivity contribution in [3.8, 4) is 0 Å². The van der Waals surface area contributed by atoms with E-state index in [0.717, 1.165) is 25.8 Å². The number of amides is 2. The van der Waals surface area contributed by atoms with Crippen molar-refractivity contribution in [2.45, 2.75) is 38.1 Å². The van der Waals surface area contributed by atoms with Gasteiger partial charge in [-0.1, -0.05) is 24.3 Å². The molecular formula is C17H23N5O. The summed E-state index contributed by atoms with van der Waals surface area (Å²) in [4.78, 5) is 15.8. The SMILES string of the molecule is O=C(NCCCn1cncn1)NCC1CCCc2ccccc21. The van der Waals surface area contributed by atoms with Gasteiger partial charge in [0, 0.05) is 25.6 Å². The maximum atomic E-state index is 11.9. The van der Waals surface area contributed by atoms with Crippen molar-refractivity contribution < 1.29 is 4.79 Å². The zero-order valence-corrected chi connectivity index (χ0v) is 13.2. The van der Waals surface area contributed by atoms with E-state index in [1.165, 1.54) is 23.9 Å². The summed E-state index contributed by atoms with van der Waals surface area (Å²) in [6.45, 7) is 2.09. The molecule has 1 aromatic carbocycles. The zero-order valence-electron chi connectivity index (χ0n) is 13.2. The molecule has 23 heavy (non-hydrogen) atoms. The van der Waals surface area contributed by atoms with Gasteiger partial charge in [0.1, 0.15) is 12.7 Å². The van der Waals surface area contributed by atoms with Crippen molar-refractivity contribution in [1.82, 2.24) is 25.4 Å². The number of hydrogen-bond acceptors (Lipinski definition) is 3. The van der Waals surface area contributed by atoms with Gasteiger partial charge in [-0.05, 0) is 36.8 Å². The molecule has 6 nitrogen and oxygen atoms in total. The molecule has 1 atom stereocenters. The fourth-order valence-electron chi connectivity index (χ4n) is 3.14. The molecule has 2 N–H and O–H groups in total. The lowest BCUT2D eigenvalue weighted by Crippen LogP contribution is -2.39. The predicted molar refractivity (Wildman–Crippen MR) is 88.2 cm³/mol. The number of carbonyl (C=O) groups excluding carboxylic acids is 1. The highest BCUT2D eigenvalue weighted by Gasteiger charge is 2.19. The largest absolute Gasteiger partial charge is 0.338 e. The van der Waals surface area contributed by atoms with Crippen LogP contribution in [0.1, 0.15) is 36.3 Å². The summed E-state index contributed by atoms with van der Waals surface area (Å²) in [5.74, 6) is 0.431. The summed E-state index contributed by atoms with van der Waals surface area (Å²) in [7, 11) is 0. The van der Waals surface area contributed by atoms with Crippen molar-refractivity contribution in [2.75, 3.05) is 13.1 Å². The van der Waals surface area contributed by atoms with Crippen LogP contribution in [0.3, 0.4) is 0 Å². The molecule has 2 aromatic rings. The Bertz CT molecular complexity index is 626. The zero-order chi connectivity index (χ0) is 15.9. The van der Waals surface area contributed by atoms with Crippen LogP contribution in [0.25, 0.3) is 0 Å². The van der Waals surface area contributed by atoms with E-state index < -0.39 is 0 Å². The highest BCUT2D eigenvalue weighted by atomic mass is 16.2. The molecule has 122 valence electrons. The Morgan fingerprint density at radius 1 is 1.30 bits per heavy atom. The predicted octanol–water partition coefficient (Wildman–Crippen LogP) is 2.09. The van der Waals surface area contributed by atoms with Crippen LogP contribution in [-0.4, -0.2) is 33.9 Å². The van der Waals surface area contributed by atoms with Gasteiger partial charge in [-0.25, -0.2) is 9.78 Å². The highest BCUT2D eigenvalue weighted by molar-refractivity contribution is 5.73. The fraction of sp³-hybridized carbons (Fsp3) is 0.471. The summed E-state index contributed by atoms with van der Waals surface area (Å²) >= 11 is 0. The Kier molecular flexibility index (Phi) is 5.24. The van der Waals surface area contributed by atoms with E-state index in [1.807, 2.05) is 0 Å². The summed E-state index contributed by atoms with van der Waals surface area (Å²) in [6, 6.07) is 8.48. The van der Waals surface area contributed by atoms with Crippen LogP contribution in [0, 0.1) is 0 Å². The molecule has 1 heterocycles. The number of hydrogen-bond donors (Lipinski definition) is 2. The number of rotatable bonds is 6. The van der Waals surface area contributed by atoms with Crippen LogP contribution < -0.4 is 10.6 Å². The number of benzene rings is 1. The molecule has 6 heteroatoms. The highest BCUT2D eigenvalue weighted by Crippen LogP contribution is 2.30. The lowest BCUT2D eigenvalue weighted by atomic mass is 9.83. The van der Waals surface area contributed by atoms with E-state index in [-0.39, 0.29) is 6.03 Å². The number of carbonyl (C=O) groups is 1. The Morgan fingerprint density at radius 2 is 2.22 bits per heavy atom. The topological polar surface area (TPSA) is 71.8 Å². The monoisotopic (exact) mass is 313 g/mol. The Balaban J connectivity index is 1.38. The van der Waals surface area contributed by atoms with E-state index >= 15 is 0 Å². The van der Waals surface area contributed by atoms with Crippen molar-refractivity contribution >= 4 is 6.03 Å². The molecule has 0 saturated carbocycles. The van der Waals surface area contributed by atoms with Gasteiger partial charge in [-0.15, -0.1) is 0 Å². The van der Waals surface area contributed by atoms with Crippen LogP contribution in [-0.2, 0) is 13.0 Å². The van der Waals surface area contributed by atoms with Gasteiger partial charge >= 0.3 is 6.03 Å². The minimum absolute atomic E-state index is 0.0911. The van der Waals surface area contributed by atoms with Crippen molar-refractivity contribution in [3.63, 3.8) is 0 Å². The number of urea groups is 1. The standard InChI is InChI=1S/C17H23N5O/c23-17(19-9-4-10-22-13-18-12-21-22)20-11-15-7-3-6-14-5-1-2-8-16(14)15/h1-2,5,8,12-13,15H,3-4,6-7,9-11H2,(H2,19,20,23). The fourth-order valence-corrected chi connectivity index (χ4v) is 3.14. The van der Waals surface area contributed by atoms with Crippen molar-refractivity contribution in [1.29, 1.82) is 0 Å². The van der Waals surface area contributed by atoms with Crippen LogP contribution in [0.5, 0.6) is 0 Å². The second-order valence-corrected chi connectivity index (χ2v) is 5.94. The minimum Gasteiger partial charge on any atom is -0.338 e. The molecule has 0 saturated heterocycles. The summed E-state index contributed by atoms with van der Waals surface area (Å²) < 4.78 is 1.76. The van der Waals surface area contributed by atoms with Crippen LogP contribution >= 0.6 is 0 Å². The first kappa shape index (κ1) is 15.5. The van der Waals surface area contributed by atoms with E-state index in [1.54, 1.807) is 11.0 Å². The maximum absolute atomic E-state index is 11.9. The molecule has 1 aliphatic carbocycles. The second-order valence-electron chi connectivity index (χ2n) is 5.94. The molecule has 3 rings (SSSR count). The molecule has 1 aromatic heterocycles. The van der Waals surface area contributed by atoms with Gasteiger partial charge in [-0.3, -0.25) is 4.68 Å². The van der Waals surface area contributed by atoms with E-state index in [2.05, 4.69) is 45.0 Å². The van der Waals surface area contributed by atoms with Crippen LogP contribution in [0.2, 0.25) is 0 Å². The van der Waals surface area contributed by atoms with Gasteiger partial charge in [0.2, 0.25) is 0 Å². The lowest BCUT2D eigenvalue weighted by molar-refractivity contribution is 0.239. The van der Waals surface area contributed by atoms with Crippen LogP contribution in [0.4, 0.5) is 4.79 Å². The van der Waals surface area contributed by atoms with Crippen molar-refractivity contribution in [3.05, 3.63) is 48.0 Å². The molecule has 1 aliphatic rings. The smallest absolute Gasteiger partial charge is 0.314 e. The molecule has 0 fully saturated rings. The third-order valence-corrected chi connectivity index (χ3v) is 4.32. The summed E-state index contributed by atoms with van der Waals surface area (Å²) in [5.41, 5.74) is 2.82. The second kappa shape index (κ2) is 7.76. The van der Waals surface area contributed by atoms with Gasteiger partial charge < -0.3 is 10.6 Å². The number of fused-ring (bicyclic) bond motifs is 1. The molecule has 1 unspecified atom stereocenters. The van der Waals surface area contributed by atoms with Gasteiger partial charge in [-0.2, -0.15) is 5.10 Å². The molecule has 0 radical (unpaired) electrons. The number of aryl methyl sites for hydroxylation is 2. The maximum Gasteiger partial charge on any atom is 0.314 e. The Labute approximate surface area is 136 Å². The summed E-state index contributed by atoms with van der Waals surface area (Å²) in [6.07, 6.45) is 7.53. The van der Waals surface area contributed by atoms with Crippen molar-refractivity contribution in [2.24, 2.45) is 0 Å². The number of aromatic nitrogens is 3. The van der Waals surface area contributed by atoms with E-state index in [0.29, 0.717) is 19.0 Å². The molecule has 2 amide bonds. The molecule has 0 bridgehead atoms. The first-order valence-corrected chi connectivity index (χ1v) is 8.25. The number of nitrogens with zero attached hydrogens (tertiary/aromatic N) is 3. The molecule has 0 aliphatic heterocycles.